The molecule has 1 saturated carbocycles. The SMILES string of the molecule is CNCCC(=O)N(Cc1ccccc1)C(C)C1CC1.Cl. The van der Waals surface area contributed by atoms with Gasteiger partial charge in [-0.05, 0) is 38.3 Å². The zero-order chi connectivity index (χ0) is 13.7. The standard InChI is InChI=1S/C16H24N2O.ClH/c1-13(15-8-9-15)18(16(19)10-11-17-2)12-14-6-4-3-5-7-14;/h3-7,13,15,17H,8-12H2,1-2H3;1H. The summed E-state index contributed by atoms with van der Waals surface area (Å²) in [5.74, 6) is 0.972. The summed E-state index contributed by atoms with van der Waals surface area (Å²) >= 11 is 0. The molecule has 0 saturated heterocycles. The Balaban J connectivity index is 0.00000200. The number of amides is 1. The second-order valence-corrected chi connectivity index (χ2v) is 5.44. The Morgan fingerprint density at radius 2 is 2.00 bits per heavy atom. The normalized spacial score (nSPS) is 15.3. The van der Waals surface area contributed by atoms with E-state index in [2.05, 4.69) is 29.3 Å². The third kappa shape index (κ3) is 4.80. The summed E-state index contributed by atoms with van der Waals surface area (Å²) in [5, 5.41) is 3.05. The first kappa shape index (κ1) is 17.0. The maximum Gasteiger partial charge on any atom is 0.224 e. The van der Waals surface area contributed by atoms with Crippen molar-refractivity contribution in [2.24, 2.45) is 5.92 Å². The molecule has 1 aromatic rings. The largest absolute Gasteiger partial charge is 0.335 e. The minimum Gasteiger partial charge on any atom is -0.335 e. The lowest BCUT2D eigenvalue weighted by Gasteiger charge is -2.30. The van der Waals surface area contributed by atoms with Gasteiger partial charge < -0.3 is 10.2 Å². The highest BCUT2D eigenvalue weighted by Gasteiger charge is 2.33. The van der Waals surface area contributed by atoms with Gasteiger partial charge in [0.1, 0.15) is 0 Å². The summed E-state index contributed by atoms with van der Waals surface area (Å²) in [5.41, 5.74) is 1.22. The van der Waals surface area contributed by atoms with E-state index in [1.807, 2.05) is 25.2 Å². The van der Waals surface area contributed by atoms with Crippen LogP contribution in [0.5, 0.6) is 0 Å². The predicted molar refractivity (Wildman–Crippen MR) is 85.0 cm³/mol. The van der Waals surface area contributed by atoms with Gasteiger partial charge in [-0.3, -0.25) is 4.79 Å². The number of benzene rings is 1. The van der Waals surface area contributed by atoms with Gasteiger partial charge in [-0.1, -0.05) is 30.3 Å². The average Bonchev–Trinajstić information content (AvgIpc) is 3.27. The van der Waals surface area contributed by atoms with Crippen molar-refractivity contribution in [3.63, 3.8) is 0 Å². The number of rotatable bonds is 7. The van der Waals surface area contributed by atoms with E-state index >= 15 is 0 Å². The van der Waals surface area contributed by atoms with E-state index in [4.69, 9.17) is 0 Å². The van der Waals surface area contributed by atoms with E-state index in [1.165, 1.54) is 18.4 Å². The van der Waals surface area contributed by atoms with E-state index in [9.17, 15) is 4.79 Å². The Bertz CT molecular complexity index is 406. The Morgan fingerprint density at radius 3 is 2.55 bits per heavy atom. The smallest absolute Gasteiger partial charge is 0.224 e. The van der Waals surface area contributed by atoms with Crippen molar-refractivity contribution >= 4 is 18.3 Å². The quantitative estimate of drug-likeness (QED) is 0.839. The van der Waals surface area contributed by atoms with Crippen LogP contribution in [0.3, 0.4) is 0 Å². The van der Waals surface area contributed by atoms with Crippen LogP contribution in [-0.4, -0.2) is 30.4 Å². The zero-order valence-electron chi connectivity index (χ0n) is 12.3. The molecule has 1 aromatic carbocycles. The first-order valence-corrected chi connectivity index (χ1v) is 7.20. The Morgan fingerprint density at radius 1 is 1.35 bits per heavy atom. The van der Waals surface area contributed by atoms with Crippen molar-refractivity contribution in [3.05, 3.63) is 35.9 Å². The number of nitrogens with zero attached hydrogens (tertiary/aromatic N) is 1. The minimum absolute atomic E-state index is 0. The fourth-order valence-electron chi connectivity index (χ4n) is 2.45. The number of halogens is 1. The van der Waals surface area contributed by atoms with E-state index in [1.54, 1.807) is 0 Å². The lowest BCUT2D eigenvalue weighted by Crippen LogP contribution is -2.40. The number of hydrogen-bond donors (Lipinski definition) is 1. The van der Waals surface area contributed by atoms with Crippen LogP contribution in [0, 0.1) is 5.92 Å². The summed E-state index contributed by atoms with van der Waals surface area (Å²) in [7, 11) is 1.89. The Labute approximate surface area is 128 Å². The first-order valence-electron chi connectivity index (χ1n) is 7.20. The van der Waals surface area contributed by atoms with Crippen molar-refractivity contribution in [1.82, 2.24) is 10.2 Å². The molecule has 1 aliphatic rings. The van der Waals surface area contributed by atoms with Crippen LogP contribution in [-0.2, 0) is 11.3 Å². The maximum absolute atomic E-state index is 12.4. The number of hydrogen-bond acceptors (Lipinski definition) is 2. The molecule has 0 spiro atoms. The zero-order valence-corrected chi connectivity index (χ0v) is 13.2. The number of carbonyl (C=O) groups excluding carboxylic acids is 1. The summed E-state index contributed by atoms with van der Waals surface area (Å²) in [6, 6.07) is 10.6. The molecule has 0 bridgehead atoms. The van der Waals surface area contributed by atoms with Crippen molar-refractivity contribution in [2.75, 3.05) is 13.6 Å². The van der Waals surface area contributed by atoms with Crippen molar-refractivity contribution in [3.8, 4) is 0 Å². The second-order valence-electron chi connectivity index (χ2n) is 5.44. The Hall–Kier alpha value is -1.06. The molecule has 1 N–H and O–H groups in total. The molecule has 1 unspecified atom stereocenters. The van der Waals surface area contributed by atoms with Crippen molar-refractivity contribution < 1.29 is 4.79 Å². The van der Waals surface area contributed by atoms with E-state index in [0.717, 1.165) is 13.1 Å². The molecular weight excluding hydrogens is 272 g/mol. The van der Waals surface area contributed by atoms with Gasteiger partial charge in [0.2, 0.25) is 5.91 Å². The number of carbonyl (C=O) groups is 1. The molecule has 0 heterocycles. The molecule has 0 radical (unpaired) electrons. The molecule has 0 aliphatic heterocycles. The van der Waals surface area contributed by atoms with Gasteiger partial charge in [0.15, 0.2) is 0 Å². The molecule has 4 heteroatoms. The average molecular weight is 297 g/mol. The van der Waals surface area contributed by atoms with Crippen LogP contribution in [0.1, 0.15) is 31.7 Å². The van der Waals surface area contributed by atoms with Crippen LogP contribution in [0.25, 0.3) is 0 Å². The third-order valence-corrected chi connectivity index (χ3v) is 3.90. The van der Waals surface area contributed by atoms with Gasteiger partial charge in [0.25, 0.3) is 0 Å². The summed E-state index contributed by atoms with van der Waals surface area (Å²) in [4.78, 5) is 14.4. The molecule has 3 nitrogen and oxygen atoms in total. The fraction of sp³-hybridized carbons (Fsp3) is 0.562. The van der Waals surface area contributed by atoms with Gasteiger partial charge in [-0.25, -0.2) is 0 Å². The lowest BCUT2D eigenvalue weighted by molar-refractivity contribution is -0.134. The maximum atomic E-state index is 12.4. The molecule has 1 fully saturated rings. The van der Waals surface area contributed by atoms with Gasteiger partial charge in [-0.2, -0.15) is 0 Å². The fourth-order valence-corrected chi connectivity index (χ4v) is 2.45. The van der Waals surface area contributed by atoms with E-state index in [0.29, 0.717) is 18.4 Å². The molecule has 2 rings (SSSR count). The Kier molecular flexibility index (Phi) is 7.03. The molecule has 0 aromatic heterocycles. The van der Waals surface area contributed by atoms with Gasteiger partial charge in [0.05, 0.1) is 0 Å². The molecule has 1 amide bonds. The van der Waals surface area contributed by atoms with Crippen molar-refractivity contribution in [1.29, 1.82) is 0 Å². The predicted octanol–water partition coefficient (Wildman–Crippen LogP) is 2.85. The first-order chi connectivity index (χ1) is 9.22. The molecule has 1 atom stereocenters. The van der Waals surface area contributed by atoms with Crippen LogP contribution in [0.2, 0.25) is 0 Å². The molecular formula is C16H25ClN2O. The molecule has 20 heavy (non-hydrogen) atoms. The van der Waals surface area contributed by atoms with E-state index in [-0.39, 0.29) is 18.3 Å². The highest BCUT2D eigenvalue weighted by molar-refractivity contribution is 5.85. The van der Waals surface area contributed by atoms with E-state index < -0.39 is 0 Å². The molecule has 112 valence electrons. The summed E-state index contributed by atoms with van der Waals surface area (Å²) < 4.78 is 0. The van der Waals surface area contributed by atoms with Gasteiger partial charge >= 0.3 is 0 Å². The molecule has 1 aliphatic carbocycles. The van der Waals surface area contributed by atoms with Gasteiger partial charge in [0, 0.05) is 25.6 Å². The van der Waals surface area contributed by atoms with Crippen LogP contribution in [0.4, 0.5) is 0 Å². The van der Waals surface area contributed by atoms with Gasteiger partial charge in [-0.15, -0.1) is 12.4 Å². The lowest BCUT2D eigenvalue weighted by atomic mass is 10.1. The van der Waals surface area contributed by atoms with Crippen LogP contribution in [0.15, 0.2) is 30.3 Å². The highest BCUT2D eigenvalue weighted by atomic mass is 35.5. The highest BCUT2D eigenvalue weighted by Crippen LogP contribution is 2.35. The number of nitrogens with one attached hydrogen (secondary N) is 1. The monoisotopic (exact) mass is 296 g/mol. The minimum atomic E-state index is 0. The summed E-state index contributed by atoms with van der Waals surface area (Å²) in [6.07, 6.45) is 3.12. The van der Waals surface area contributed by atoms with Crippen LogP contribution < -0.4 is 5.32 Å². The summed E-state index contributed by atoms with van der Waals surface area (Å²) in [6.45, 7) is 3.68. The van der Waals surface area contributed by atoms with Crippen LogP contribution >= 0.6 is 12.4 Å². The topological polar surface area (TPSA) is 32.3 Å². The third-order valence-electron chi connectivity index (χ3n) is 3.90. The van der Waals surface area contributed by atoms with Crippen molar-refractivity contribution in [2.45, 2.75) is 38.8 Å². The second kappa shape index (κ2) is 8.28.